The molecule has 5 rings (SSSR count). The van der Waals surface area contributed by atoms with Gasteiger partial charge in [-0.3, -0.25) is 4.98 Å². The van der Waals surface area contributed by atoms with Crippen LogP contribution in [0.25, 0.3) is 21.4 Å². The van der Waals surface area contributed by atoms with Crippen LogP contribution in [0.1, 0.15) is 28.3 Å². The molecule has 0 saturated carbocycles. The number of fused-ring (bicyclic) bond motifs is 2. The number of imidazole rings is 1. The second kappa shape index (κ2) is 9.74. The Bertz CT molecular complexity index is 1430. The van der Waals surface area contributed by atoms with Crippen molar-refractivity contribution in [2.45, 2.75) is 26.1 Å². The maximum atomic E-state index is 14.6. The van der Waals surface area contributed by atoms with Crippen molar-refractivity contribution in [3.8, 4) is 0 Å². The van der Waals surface area contributed by atoms with Gasteiger partial charge in [-0.1, -0.05) is 17.4 Å². The predicted octanol–water partition coefficient (Wildman–Crippen LogP) is 4.26. The number of alkyl halides is 1. The predicted molar refractivity (Wildman–Crippen MR) is 128 cm³/mol. The summed E-state index contributed by atoms with van der Waals surface area (Å²) in [5.41, 5.74) is 3.62. The average molecular weight is 481 g/mol. The molecule has 8 nitrogen and oxygen atoms in total. The summed E-state index contributed by atoms with van der Waals surface area (Å²) in [5, 5.41) is 7.07. The first kappa shape index (κ1) is 22.2. The molecule has 4 heterocycles. The van der Waals surface area contributed by atoms with E-state index in [9.17, 15) is 8.78 Å². The summed E-state index contributed by atoms with van der Waals surface area (Å²) >= 11 is 1.45. The monoisotopic (exact) mass is 480 g/mol. The van der Waals surface area contributed by atoms with Gasteiger partial charge in [0, 0.05) is 25.7 Å². The molecule has 11 heteroatoms. The van der Waals surface area contributed by atoms with Crippen molar-refractivity contribution in [3.63, 3.8) is 0 Å². The molecule has 0 amide bonds. The van der Waals surface area contributed by atoms with E-state index in [2.05, 4.69) is 40.5 Å². The van der Waals surface area contributed by atoms with Gasteiger partial charge in [0.25, 0.3) is 0 Å². The van der Waals surface area contributed by atoms with Gasteiger partial charge in [0.2, 0.25) is 0 Å². The van der Waals surface area contributed by atoms with Crippen molar-refractivity contribution in [1.29, 1.82) is 0 Å². The van der Waals surface area contributed by atoms with Crippen LogP contribution in [0.2, 0.25) is 0 Å². The van der Waals surface area contributed by atoms with Crippen molar-refractivity contribution < 1.29 is 8.78 Å². The van der Waals surface area contributed by atoms with Gasteiger partial charge >= 0.3 is 0 Å². The molecule has 0 aliphatic heterocycles. The molecule has 174 valence electrons. The Labute approximate surface area is 197 Å². The zero-order valence-corrected chi connectivity index (χ0v) is 19.2. The number of aromatic amines is 1. The third-order valence-electron chi connectivity index (χ3n) is 5.29. The standard InChI is InChI=1S/C23H22F2N8S/c1-13-4-5-16-17(9-13)32-21(31-16)15(25)10-26-8-6-19-33-20-22(29-12-30-23(20)34-19)28-11-18-14(24)3-2-7-27-18/h2-5,7,9,12,15,26H,6,8,10-11H2,1H3,(H,31,32)(H,28,29,30). The maximum Gasteiger partial charge on any atom is 0.170 e. The lowest BCUT2D eigenvalue weighted by Crippen LogP contribution is -2.22. The fourth-order valence-electron chi connectivity index (χ4n) is 3.56. The van der Waals surface area contributed by atoms with E-state index in [-0.39, 0.29) is 18.9 Å². The SMILES string of the molecule is Cc1ccc2nc(C(F)CNCCc3nc4c(NCc5ncccc5F)ncnc4s3)[nH]c2c1. The van der Waals surface area contributed by atoms with E-state index < -0.39 is 6.17 Å². The zero-order chi connectivity index (χ0) is 23.5. The Morgan fingerprint density at radius 2 is 2.06 bits per heavy atom. The van der Waals surface area contributed by atoms with Gasteiger partial charge in [0.1, 0.15) is 28.3 Å². The van der Waals surface area contributed by atoms with Crippen LogP contribution in [0.3, 0.4) is 0 Å². The van der Waals surface area contributed by atoms with Crippen LogP contribution in [-0.2, 0) is 13.0 Å². The molecule has 1 aromatic carbocycles. The second-order valence-electron chi connectivity index (χ2n) is 7.83. The number of nitrogens with one attached hydrogen (secondary N) is 3. The van der Waals surface area contributed by atoms with Crippen LogP contribution in [0.4, 0.5) is 14.6 Å². The molecule has 0 aliphatic rings. The smallest absolute Gasteiger partial charge is 0.170 e. The Kier molecular flexibility index (Phi) is 6.37. The average Bonchev–Trinajstić information content (AvgIpc) is 3.45. The largest absolute Gasteiger partial charge is 0.362 e. The van der Waals surface area contributed by atoms with E-state index >= 15 is 0 Å². The van der Waals surface area contributed by atoms with Crippen LogP contribution in [0.5, 0.6) is 0 Å². The normalized spacial score (nSPS) is 12.4. The van der Waals surface area contributed by atoms with Gasteiger partial charge in [-0.2, -0.15) is 0 Å². The van der Waals surface area contributed by atoms with Gasteiger partial charge < -0.3 is 15.6 Å². The highest BCUT2D eigenvalue weighted by atomic mass is 32.1. The van der Waals surface area contributed by atoms with Crippen molar-refractivity contribution in [3.05, 3.63) is 70.8 Å². The fraction of sp³-hybridized carbons (Fsp3) is 0.261. The molecule has 34 heavy (non-hydrogen) atoms. The van der Waals surface area contributed by atoms with Crippen LogP contribution >= 0.6 is 11.3 Å². The van der Waals surface area contributed by atoms with E-state index in [0.717, 1.165) is 26.4 Å². The first-order valence-corrected chi connectivity index (χ1v) is 11.6. The molecule has 1 unspecified atom stereocenters. The molecular weight excluding hydrogens is 458 g/mol. The summed E-state index contributed by atoms with van der Waals surface area (Å²) < 4.78 is 28.5. The van der Waals surface area contributed by atoms with Crippen LogP contribution < -0.4 is 10.6 Å². The molecule has 1 atom stereocenters. The van der Waals surface area contributed by atoms with E-state index in [1.54, 1.807) is 12.3 Å². The molecule has 4 aromatic heterocycles. The number of hydrogen-bond donors (Lipinski definition) is 3. The second-order valence-corrected chi connectivity index (χ2v) is 8.90. The number of pyridine rings is 1. The highest BCUT2D eigenvalue weighted by Crippen LogP contribution is 2.25. The lowest BCUT2D eigenvalue weighted by Gasteiger charge is -2.06. The summed E-state index contributed by atoms with van der Waals surface area (Å²) in [6.07, 6.45) is 2.36. The number of anilines is 1. The minimum absolute atomic E-state index is 0.145. The van der Waals surface area contributed by atoms with Gasteiger partial charge in [0.05, 0.1) is 28.3 Å². The summed E-state index contributed by atoms with van der Waals surface area (Å²) in [5.74, 6) is 0.465. The van der Waals surface area contributed by atoms with Gasteiger partial charge in [-0.05, 0) is 36.8 Å². The first-order chi connectivity index (χ1) is 16.6. The van der Waals surface area contributed by atoms with Crippen LogP contribution in [-0.4, -0.2) is 43.0 Å². The molecule has 0 bridgehead atoms. The number of aromatic nitrogens is 6. The lowest BCUT2D eigenvalue weighted by molar-refractivity contribution is 0.316. The number of aryl methyl sites for hydroxylation is 1. The Morgan fingerprint density at radius 1 is 1.15 bits per heavy atom. The molecule has 3 N–H and O–H groups in total. The number of rotatable bonds is 9. The number of benzene rings is 1. The molecule has 0 fully saturated rings. The third-order valence-corrected chi connectivity index (χ3v) is 6.31. The van der Waals surface area contributed by atoms with Crippen molar-refractivity contribution in [1.82, 2.24) is 35.2 Å². The minimum atomic E-state index is -1.24. The Morgan fingerprint density at radius 3 is 2.94 bits per heavy atom. The number of nitrogens with zero attached hydrogens (tertiary/aromatic N) is 5. The molecule has 0 saturated heterocycles. The summed E-state index contributed by atoms with van der Waals surface area (Å²) in [6.45, 7) is 2.87. The number of thiazole rings is 1. The number of halogens is 2. The van der Waals surface area contributed by atoms with Crippen molar-refractivity contribution in [2.24, 2.45) is 0 Å². The number of H-pyrrole nitrogens is 1. The highest BCUT2D eigenvalue weighted by Gasteiger charge is 2.15. The quantitative estimate of drug-likeness (QED) is 0.271. The number of hydrogen-bond acceptors (Lipinski definition) is 8. The zero-order valence-electron chi connectivity index (χ0n) is 18.3. The van der Waals surface area contributed by atoms with Crippen molar-refractivity contribution in [2.75, 3.05) is 18.4 Å². The summed E-state index contributed by atoms with van der Waals surface area (Å²) in [4.78, 5) is 25.3. The molecular formula is C23H22F2N8S. The van der Waals surface area contributed by atoms with Crippen LogP contribution in [0.15, 0.2) is 42.9 Å². The lowest BCUT2D eigenvalue weighted by atomic mass is 10.2. The van der Waals surface area contributed by atoms with E-state index in [0.29, 0.717) is 35.8 Å². The van der Waals surface area contributed by atoms with Crippen LogP contribution in [0, 0.1) is 12.7 Å². The van der Waals surface area contributed by atoms with Crippen molar-refractivity contribution >= 4 is 38.5 Å². The maximum absolute atomic E-state index is 14.6. The molecule has 5 aromatic rings. The van der Waals surface area contributed by atoms with E-state index in [4.69, 9.17) is 0 Å². The molecule has 0 spiro atoms. The summed E-state index contributed by atoms with van der Waals surface area (Å²) in [7, 11) is 0. The highest BCUT2D eigenvalue weighted by molar-refractivity contribution is 7.18. The summed E-state index contributed by atoms with van der Waals surface area (Å²) in [6, 6.07) is 8.71. The first-order valence-electron chi connectivity index (χ1n) is 10.8. The van der Waals surface area contributed by atoms with E-state index in [1.165, 1.54) is 23.7 Å². The Hall–Kier alpha value is -3.57. The third kappa shape index (κ3) is 4.85. The molecule has 0 aliphatic carbocycles. The van der Waals surface area contributed by atoms with E-state index in [1.807, 2.05) is 25.1 Å². The fourth-order valence-corrected chi connectivity index (χ4v) is 4.46. The Balaban J connectivity index is 1.17. The van der Waals surface area contributed by atoms with Gasteiger partial charge in [-0.25, -0.2) is 28.7 Å². The van der Waals surface area contributed by atoms with Gasteiger partial charge in [0.15, 0.2) is 12.0 Å². The van der Waals surface area contributed by atoms with Gasteiger partial charge in [-0.15, -0.1) is 0 Å². The molecule has 0 radical (unpaired) electrons. The topological polar surface area (TPSA) is 104 Å². The minimum Gasteiger partial charge on any atom is -0.362 e.